The van der Waals surface area contributed by atoms with E-state index in [0.29, 0.717) is 25.1 Å². The summed E-state index contributed by atoms with van der Waals surface area (Å²) in [7, 11) is 0. The smallest absolute Gasteiger partial charge is 0.161 e. The lowest BCUT2D eigenvalue weighted by Gasteiger charge is -2.16. The molecule has 1 aromatic rings. The maximum absolute atomic E-state index is 13.4. The molecule has 0 aliphatic carbocycles. The molecule has 0 aromatic heterocycles. The van der Waals surface area contributed by atoms with Gasteiger partial charge in [0.15, 0.2) is 11.6 Å². The van der Waals surface area contributed by atoms with Crippen LogP contribution < -0.4 is 5.73 Å². The van der Waals surface area contributed by atoms with Crippen molar-refractivity contribution in [3.8, 4) is 0 Å². The highest BCUT2D eigenvalue weighted by atomic mass is 19.2. The molecule has 1 aromatic carbocycles. The van der Waals surface area contributed by atoms with E-state index < -0.39 is 17.5 Å². The van der Waals surface area contributed by atoms with Gasteiger partial charge in [-0.05, 0) is 31.5 Å². The van der Waals surface area contributed by atoms with Gasteiger partial charge in [0, 0.05) is 24.7 Å². The van der Waals surface area contributed by atoms with Gasteiger partial charge in [-0.15, -0.1) is 0 Å². The molecule has 1 aliphatic heterocycles. The second-order valence-corrected chi connectivity index (χ2v) is 4.48. The van der Waals surface area contributed by atoms with Crippen molar-refractivity contribution in [1.82, 2.24) is 4.90 Å². The van der Waals surface area contributed by atoms with E-state index in [0.717, 1.165) is 25.6 Å². The Balaban J connectivity index is 2.06. The van der Waals surface area contributed by atoms with Crippen molar-refractivity contribution < 1.29 is 13.2 Å². The zero-order valence-electron chi connectivity index (χ0n) is 9.43. The van der Waals surface area contributed by atoms with Gasteiger partial charge >= 0.3 is 0 Å². The van der Waals surface area contributed by atoms with Gasteiger partial charge < -0.3 is 5.73 Å². The predicted octanol–water partition coefficient (Wildman–Crippen LogP) is 1.88. The van der Waals surface area contributed by atoms with Crippen molar-refractivity contribution >= 4 is 0 Å². The quantitative estimate of drug-likeness (QED) is 0.823. The second-order valence-electron chi connectivity index (χ2n) is 4.48. The fourth-order valence-corrected chi connectivity index (χ4v) is 2.17. The van der Waals surface area contributed by atoms with Crippen molar-refractivity contribution in [1.29, 1.82) is 0 Å². The number of halogens is 3. The molecule has 0 spiro atoms. The summed E-state index contributed by atoms with van der Waals surface area (Å²) in [6, 6.07) is 1.53. The SMILES string of the molecule is NCC1CCN(Cc2cc(F)c(F)cc2F)C1. The Morgan fingerprint density at radius 1 is 1.18 bits per heavy atom. The molecular formula is C12H15F3N2. The van der Waals surface area contributed by atoms with Crippen molar-refractivity contribution in [3.63, 3.8) is 0 Å². The van der Waals surface area contributed by atoms with Crippen LogP contribution in [0.5, 0.6) is 0 Å². The minimum atomic E-state index is -1.15. The summed E-state index contributed by atoms with van der Waals surface area (Å²) in [5.41, 5.74) is 5.75. The fourth-order valence-electron chi connectivity index (χ4n) is 2.17. The number of hydrogen-bond acceptors (Lipinski definition) is 2. The normalized spacial score (nSPS) is 21.1. The van der Waals surface area contributed by atoms with Gasteiger partial charge in [0.1, 0.15) is 5.82 Å². The first-order valence-corrected chi connectivity index (χ1v) is 5.66. The number of rotatable bonds is 3. The van der Waals surface area contributed by atoms with Gasteiger partial charge in [0.05, 0.1) is 0 Å². The predicted molar refractivity (Wildman–Crippen MR) is 58.8 cm³/mol. The van der Waals surface area contributed by atoms with Gasteiger partial charge in [0.2, 0.25) is 0 Å². The van der Waals surface area contributed by atoms with E-state index in [2.05, 4.69) is 0 Å². The van der Waals surface area contributed by atoms with Crippen LogP contribution in [0.2, 0.25) is 0 Å². The Labute approximate surface area is 98.2 Å². The van der Waals surface area contributed by atoms with Gasteiger partial charge in [0.25, 0.3) is 0 Å². The van der Waals surface area contributed by atoms with Crippen molar-refractivity contribution in [2.24, 2.45) is 11.7 Å². The maximum atomic E-state index is 13.4. The van der Waals surface area contributed by atoms with Crippen LogP contribution in [0.15, 0.2) is 12.1 Å². The topological polar surface area (TPSA) is 29.3 Å². The molecule has 17 heavy (non-hydrogen) atoms. The average molecular weight is 244 g/mol. The number of likely N-dealkylation sites (tertiary alicyclic amines) is 1. The zero-order chi connectivity index (χ0) is 12.4. The lowest BCUT2D eigenvalue weighted by Crippen LogP contribution is -2.23. The molecule has 1 saturated heterocycles. The summed E-state index contributed by atoms with van der Waals surface area (Å²) in [4.78, 5) is 2.01. The van der Waals surface area contributed by atoms with E-state index in [1.165, 1.54) is 0 Å². The molecule has 1 aliphatic rings. The first-order valence-electron chi connectivity index (χ1n) is 5.66. The van der Waals surface area contributed by atoms with E-state index in [1.807, 2.05) is 4.90 Å². The van der Waals surface area contributed by atoms with E-state index in [4.69, 9.17) is 5.73 Å². The molecule has 2 nitrogen and oxygen atoms in total. The second kappa shape index (κ2) is 5.06. The molecule has 0 bridgehead atoms. The standard InChI is InChI=1S/C12H15F3N2/c13-10-4-12(15)11(14)3-9(10)7-17-2-1-8(5-16)6-17/h3-4,8H,1-2,5-7,16H2. The molecule has 2 N–H and O–H groups in total. The third kappa shape index (κ3) is 2.79. The number of nitrogens with two attached hydrogens (primary N) is 1. The van der Waals surface area contributed by atoms with Gasteiger partial charge in [-0.25, -0.2) is 13.2 Å². The summed E-state index contributed by atoms with van der Waals surface area (Å²) < 4.78 is 39.1. The minimum Gasteiger partial charge on any atom is -0.330 e. The Morgan fingerprint density at radius 2 is 1.88 bits per heavy atom. The van der Waals surface area contributed by atoms with Crippen LogP contribution in [-0.2, 0) is 6.54 Å². The van der Waals surface area contributed by atoms with E-state index >= 15 is 0 Å². The number of hydrogen-bond donors (Lipinski definition) is 1. The third-order valence-corrected chi connectivity index (χ3v) is 3.19. The molecule has 1 heterocycles. The fraction of sp³-hybridized carbons (Fsp3) is 0.500. The highest BCUT2D eigenvalue weighted by Gasteiger charge is 2.22. The van der Waals surface area contributed by atoms with Gasteiger partial charge in [-0.2, -0.15) is 0 Å². The van der Waals surface area contributed by atoms with Crippen LogP contribution in [-0.4, -0.2) is 24.5 Å². The molecule has 94 valence electrons. The van der Waals surface area contributed by atoms with Gasteiger partial charge in [-0.1, -0.05) is 0 Å². The molecule has 5 heteroatoms. The van der Waals surface area contributed by atoms with Crippen molar-refractivity contribution in [2.45, 2.75) is 13.0 Å². The number of nitrogens with zero attached hydrogens (tertiary/aromatic N) is 1. The van der Waals surface area contributed by atoms with Crippen LogP contribution in [0.3, 0.4) is 0 Å². The summed E-state index contributed by atoms with van der Waals surface area (Å²) in [5, 5.41) is 0. The van der Waals surface area contributed by atoms with Crippen LogP contribution >= 0.6 is 0 Å². The monoisotopic (exact) mass is 244 g/mol. The summed E-state index contributed by atoms with van der Waals surface area (Å²) >= 11 is 0. The summed E-state index contributed by atoms with van der Waals surface area (Å²) in [6.07, 6.45) is 0.974. The van der Waals surface area contributed by atoms with Crippen LogP contribution in [0, 0.1) is 23.4 Å². The lowest BCUT2D eigenvalue weighted by atomic mass is 10.1. The largest absolute Gasteiger partial charge is 0.330 e. The molecule has 0 radical (unpaired) electrons. The molecule has 1 fully saturated rings. The van der Waals surface area contributed by atoms with Crippen LogP contribution in [0.25, 0.3) is 0 Å². The Kier molecular flexibility index (Phi) is 3.69. The first kappa shape index (κ1) is 12.4. The van der Waals surface area contributed by atoms with Gasteiger partial charge in [-0.3, -0.25) is 4.90 Å². The molecule has 0 amide bonds. The maximum Gasteiger partial charge on any atom is 0.161 e. The molecule has 0 saturated carbocycles. The van der Waals surface area contributed by atoms with Crippen molar-refractivity contribution in [3.05, 3.63) is 35.1 Å². The van der Waals surface area contributed by atoms with E-state index in [-0.39, 0.29) is 5.56 Å². The van der Waals surface area contributed by atoms with Crippen LogP contribution in [0.4, 0.5) is 13.2 Å². The first-order chi connectivity index (χ1) is 8.10. The molecular weight excluding hydrogens is 229 g/mol. The Hall–Kier alpha value is -1.07. The molecule has 2 rings (SSSR count). The van der Waals surface area contributed by atoms with Crippen LogP contribution in [0.1, 0.15) is 12.0 Å². The highest BCUT2D eigenvalue weighted by molar-refractivity contribution is 5.20. The Morgan fingerprint density at radius 3 is 2.53 bits per heavy atom. The average Bonchev–Trinajstić information content (AvgIpc) is 2.73. The lowest BCUT2D eigenvalue weighted by molar-refractivity contribution is 0.311. The minimum absolute atomic E-state index is 0.196. The number of benzene rings is 1. The summed E-state index contributed by atoms with van der Waals surface area (Å²) in [5.74, 6) is -2.42. The third-order valence-electron chi connectivity index (χ3n) is 3.19. The van der Waals surface area contributed by atoms with E-state index in [1.54, 1.807) is 0 Å². The summed E-state index contributed by atoms with van der Waals surface area (Å²) in [6.45, 7) is 2.52. The Bertz CT molecular complexity index is 409. The molecule has 1 atom stereocenters. The highest BCUT2D eigenvalue weighted by Crippen LogP contribution is 2.20. The van der Waals surface area contributed by atoms with E-state index in [9.17, 15) is 13.2 Å². The van der Waals surface area contributed by atoms with Crippen molar-refractivity contribution in [2.75, 3.05) is 19.6 Å². The molecule has 1 unspecified atom stereocenters. The zero-order valence-corrected chi connectivity index (χ0v) is 9.43.